The van der Waals surface area contributed by atoms with Gasteiger partial charge in [0.2, 0.25) is 0 Å². The highest BCUT2D eigenvalue weighted by Crippen LogP contribution is 2.60. The largest absolute Gasteiger partial charge is 0.454 e. The standard InChI is InChI=1S/C26H12O2S2/c1-3-7-19-13(5-1)23-25(29-19)15-9-12-18-22-16(10-11-17(27-23)21(15)22)26-24(28-18)14-6-2-4-8-20(14)30-26/h1-12H. The van der Waals surface area contributed by atoms with E-state index < -0.39 is 0 Å². The Morgan fingerprint density at radius 2 is 0.967 bits per heavy atom. The van der Waals surface area contributed by atoms with Crippen LogP contribution in [0.1, 0.15) is 0 Å². The third-order valence-corrected chi connectivity index (χ3v) is 8.47. The molecule has 2 nitrogen and oxygen atoms in total. The number of fused-ring (bicyclic) bond motifs is 8. The zero-order chi connectivity index (χ0) is 19.4. The molecule has 2 aromatic heterocycles. The van der Waals surface area contributed by atoms with Crippen LogP contribution in [0.2, 0.25) is 0 Å². The van der Waals surface area contributed by atoms with E-state index in [1.165, 1.54) is 41.1 Å². The average molecular weight is 421 g/mol. The number of rotatable bonds is 0. The van der Waals surface area contributed by atoms with E-state index in [0.717, 1.165) is 33.8 Å². The van der Waals surface area contributed by atoms with Crippen molar-refractivity contribution in [3.8, 4) is 43.9 Å². The highest BCUT2D eigenvalue weighted by Gasteiger charge is 2.31. The molecule has 0 amide bonds. The summed E-state index contributed by atoms with van der Waals surface area (Å²) in [5.74, 6) is 3.78. The van der Waals surface area contributed by atoms with Crippen LogP contribution in [-0.2, 0) is 0 Å². The normalized spacial score (nSPS) is 13.2. The Morgan fingerprint density at radius 3 is 1.47 bits per heavy atom. The SMILES string of the molecule is c1ccc2c3c(sc2c1)-c1ccc2c4c(ccc(c14)O3)-c1sc3ccccc3c1O2. The average Bonchev–Trinajstić information content (AvgIpc) is 3.35. The molecular weight excluding hydrogens is 408 g/mol. The van der Waals surface area contributed by atoms with Crippen molar-refractivity contribution in [1.29, 1.82) is 0 Å². The van der Waals surface area contributed by atoms with Gasteiger partial charge in [0.25, 0.3) is 0 Å². The Morgan fingerprint density at radius 1 is 0.500 bits per heavy atom. The molecule has 0 atom stereocenters. The molecule has 2 aliphatic rings. The van der Waals surface area contributed by atoms with Crippen molar-refractivity contribution in [3.05, 3.63) is 72.8 Å². The van der Waals surface area contributed by atoms with Crippen LogP contribution in [0.5, 0.6) is 23.0 Å². The van der Waals surface area contributed by atoms with Crippen LogP contribution in [0.15, 0.2) is 72.8 Å². The van der Waals surface area contributed by atoms with Crippen LogP contribution < -0.4 is 9.47 Å². The highest BCUT2D eigenvalue weighted by molar-refractivity contribution is 7.23. The minimum atomic E-state index is 0.912. The van der Waals surface area contributed by atoms with Gasteiger partial charge in [-0.05, 0) is 48.5 Å². The molecule has 30 heavy (non-hydrogen) atoms. The Balaban J connectivity index is 1.50. The van der Waals surface area contributed by atoms with Crippen LogP contribution >= 0.6 is 22.7 Å². The lowest BCUT2D eigenvalue weighted by molar-refractivity contribution is 0.487. The van der Waals surface area contributed by atoms with Gasteiger partial charge in [-0.25, -0.2) is 0 Å². The molecule has 4 heteroatoms. The predicted molar refractivity (Wildman–Crippen MR) is 126 cm³/mol. The van der Waals surface area contributed by atoms with Crippen molar-refractivity contribution in [3.63, 3.8) is 0 Å². The zero-order valence-electron chi connectivity index (χ0n) is 15.6. The van der Waals surface area contributed by atoms with Crippen molar-refractivity contribution in [2.75, 3.05) is 0 Å². The van der Waals surface area contributed by atoms with Gasteiger partial charge in [-0.3, -0.25) is 0 Å². The minimum absolute atomic E-state index is 0.912. The molecule has 0 N–H and O–H groups in total. The Labute approximate surface area is 179 Å². The first-order valence-electron chi connectivity index (χ1n) is 9.86. The highest BCUT2D eigenvalue weighted by atomic mass is 32.1. The molecule has 0 unspecified atom stereocenters. The van der Waals surface area contributed by atoms with Crippen LogP contribution in [0, 0.1) is 0 Å². The summed E-state index contributed by atoms with van der Waals surface area (Å²) >= 11 is 3.60. The topological polar surface area (TPSA) is 18.5 Å². The lowest BCUT2D eigenvalue weighted by Crippen LogP contribution is -2.00. The minimum Gasteiger partial charge on any atom is -0.454 e. The zero-order valence-corrected chi connectivity index (χ0v) is 17.2. The quantitative estimate of drug-likeness (QED) is 0.244. The predicted octanol–water partition coefficient (Wildman–Crippen LogP) is 8.81. The van der Waals surface area contributed by atoms with Crippen molar-refractivity contribution in [2.24, 2.45) is 0 Å². The van der Waals surface area contributed by atoms with Gasteiger partial charge in [0, 0.05) is 42.1 Å². The molecule has 0 spiro atoms. The molecule has 0 aliphatic carbocycles. The molecule has 2 aliphatic heterocycles. The Hall–Kier alpha value is -3.34. The van der Waals surface area contributed by atoms with Gasteiger partial charge in [0.1, 0.15) is 11.5 Å². The second kappa shape index (κ2) is 5.22. The molecule has 140 valence electrons. The summed E-state index contributed by atoms with van der Waals surface area (Å²) in [7, 11) is 0. The monoisotopic (exact) mass is 420 g/mol. The molecule has 6 aromatic rings. The molecule has 4 heterocycles. The summed E-state index contributed by atoms with van der Waals surface area (Å²) in [6.45, 7) is 0. The number of hydrogen-bond acceptors (Lipinski definition) is 4. The van der Waals surface area contributed by atoms with Crippen molar-refractivity contribution < 1.29 is 9.47 Å². The lowest BCUT2D eigenvalue weighted by atomic mass is 9.93. The van der Waals surface area contributed by atoms with Crippen molar-refractivity contribution in [2.45, 2.75) is 0 Å². The number of thiophene rings is 2. The van der Waals surface area contributed by atoms with E-state index in [2.05, 4.69) is 72.8 Å². The summed E-state index contributed by atoms with van der Waals surface area (Å²) in [5, 5.41) is 4.68. The van der Waals surface area contributed by atoms with Gasteiger partial charge in [-0.1, -0.05) is 24.3 Å². The maximum Gasteiger partial charge on any atom is 0.153 e. The molecule has 4 aromatic carbocycles. The molecule has 0 saturated carbocycles. The molecule has 0 radical (unpaired) electrons. The molecule has 0 bridgehead atoms. The second-order valence-corrected chi connectivity index (χ2v) is 9.79. The second-order valence-electron chi connectivity index (χ2n) is 7.69. The third-order valence-electron chi connectivity index (χ3n) is 6.10. The maximum atomic E-state index is 6.49. The first-order valence-corrected chi connectivity index (χ1v) is 11.5. The summed E-state index contributed by atoms with van der Waals surface area (Å²) in [4.78, 5) is 2.41. The van der Waals surface area contributed by atoms with Crippen LogP contribution in [0.25, 0.3) is 51.8 Å². The van der Waals surface area contributed by atoms with Gasteiger partial charge < -0.3 is 9.47 Å². The molecule has 0 fully saturated rings. The summed E-state index contributed by atoms with van der Waals surface area (Å²) in [6.07, 6.45) is 0. The summed E-state index contributed by atoms with van der Waals surface area (Å²) in [6, 6.07) is 25.6. The Kier molecular flexibility index (Phi) is 2.70. The van der Waals surface area contributed by atoms with Gasteiger partial charge in [0.15, 0.2) is 11.5 Å². The van der Waals surface area contributed by atoms with E-state index in [1.807, 2.05) is 0 Å². The number of ether oxygens (including phenoxy) is 2. The fraction of sp³-hybridized carbons (Fsp3) is 0. The fourth-order valence-electron chi connectivity index (χ4n) is 4.80. The summed E-state index contributed by atoms with van der Waals surface area (Å²) < 4.78 is 15.5. The number of benzene rings is 4. The molecule has 8 rings (SSSR count). The fourth-order valence-corrected chi connectivity index (χ4v) is 7.13. The van der Waals surface area contributed by atoms with Crippen LogP contribution in [0.3, 0.4) is 0 Å². The lowest BCUT2D eigenvalue weighted by Gasteiger charge is -2.24. The molecular formula is C26H12O2S2. The van der Waals surface area contributed by atoms with E-state index in [4.69, 9.17) is 9.47 Å². The van der Waals surface area contributed by atoms with Gasteiger partial charge in [0.05, 0.1) is 9.75 Å². The van der Waals surface area contributed by atoms with Gasteiger partial charge in [-0.2, -0.15) is 0 Å². The van der Waals surface area contributed by atoms with Crippen LogP contribution in [0.4, 0.5) is 0 Å². The summed E-state index contributed by atoms with van der Waals surface area (Å²) in [5.41, 5.74) is 2.47. The Bertz CT molecular complexity index is 1580. The van der Waals surface area contributed by atoms with E-state index in [9.17, 15) is 0 Å². The van der Waals surface area contributed by atoms with Gasteiger partial charge in [-0.15, -0.1) is 22.7 Å². The first-order chi connectivity index (χ1) is 14.9. The number of hydrogen-bond donors (Lipinski definition) is 0. The third kappa shape index (κ3) is 1.76. The van der Waals surface area contributed by atoms with E-state index >= 15 is 0 Å². The first kappa shape index (κ1) is 15.5. The van der Waals surface area contributed by atoms with E-state index in [-0.39, 0.29) is 0 Å². The maximum absolute atomic E-state index is 6.49. The van der Waals surface area contributed by atoms with Crippen LogP contribution in [-0.4, -0.2) is 0 Å². The van der Waals surface area contributed by atoms with Crippen molar-refractivity contribution >= 4 is 53.6 Å². The molecule has 0 saturated heterocycles. The van der Waals surface area contributed by atoms with Crippen molar-refractivity contribution in [1.82, 2.24) is 0 Å². The van der Waals surface area contributed by atoms with E-state index in [0.29, 0.717) is 0 Å². The smallest absolute Gasteiger partial charge is 0.153 e. The van der Waals surface area contributed by atoms with E-state index in [1.54, 1.807) is 22.7 Å². The van der Waals surface area contributed by atoms with Gasteiger partial charge >= 0.3 is 0 Å².